The van der Waals surface area contributed by atoms with Gasteiger partial charge < -0.3 is 9.80 Å². The number of nitrogens with zero attached hydrogens (tertiary/aromatic N) is 2. The van der Waals surface area contributed by atoms with Gasteiger partial charge >= 0.3 is 0 Å². The third kappa shape index (κ3) is 6.95. The van der Waals surface area contributed by atoms with Crippen LogP contribution in [0.5, 0.6) is 0 Å². The molecular formula is C66H52N2. The van der Waals surface area contributed by atoms with Crippen molar-refractivity contribution >= 4 is 34.1 Å². The van der Waals surface area contributed by atoms with Crippen LogP contribution in [0.25, 0.3) is 55.6 Å². The van der Waals surface area contributed by atoms with E-state index in [1.165, 1.54) is 95.0 Å². The van der Waals surface area contributed by atoms with E-state index in [9.17, 15) is 0 Å². The first-order valence-corrected chi connectivity index (χ1v) is 23.8. The molecule has 2 heteroatoms. The first-order valence-electron chi connectivity index (χ1n) is 23.8. The second kappa shape index (κ2) is 16.3. The highest BCUT2D eigenvalue weighted by Crippen LogP contribution is 2.60. The second-order valence-electron chi connectivity index (χ2n) is 19.4. The van der Waals surface area contributed by atoms with E-state index in [1.54, 1.807) is 0 Å². The average molecular weight is 873 g/mol. The quantitative estimate of drug-likeness (QED) is 0.150. The van der Waals surface area contributed by atoms with Crippen molar-refractivity contribution in [2.75, 3.05) is 9.80 Å². The fourth-order valence-corrected chi connectivity index (χ4v) is 10.9. The van der Waals surface area contributed by atoms with Crippen molar-refractivity contribution in [2.24, 2.45) is 0 Å². The Morgan fingerprint density at radius 1 is 0.265 bits per heavy atom. The summed E-state index contributed by atoms with van der Waals surface area (Å²) in [5, 5.41) is 0. The number of benzene rings is 10. The third-order valence-electron chi connectivity index (χ3n) is 14.7. The zero-order valence-corrected chi connectivity index (χ0v) is 39.0. The lowest BCUT2D eigenvalue weighted by molar-refractivity contribution is 0.598. The summed E-state index contributed by atoms with van der Waals surface area (Å²) in [6.07, 6.45) is 0. The van der Waals surface area contributed by atoms with Crippen LogP contribution >= 0.6 is 0 Å². The number of hydrogen-bond acceptors (Lipinski definition) is 2. The fourth-order valence-electron chi connectivity index (χ4n) is 10.9. The van der Waals surface area contributed by atoms with Crippen molar-refractivity contribution in [1.82, 2.24) is 0 Å². The van der Waals surface area contributed by atoms with Gasteiger partial charge in [0.15, 0.2) is 0 Å². The summed E-state index contributed by atoms with van der Waals surface area (Å²) in [6, 6.07) is 88.9. The fraction of sp³-hybridized carbons (Fsp3) is 0.0909. The molecule has 0 aliphatic carbocycles. The SMILES string of the molecule is CC1(C)c2ccccc2N2c3ccccc3C(C)(C)c3cc(-c4ccc(-c5ccc(-c6ccc(N(c7ccc(-c8ccccc8)cc7)c7ccc(-c8ccccc8)cc7)cc6)cc5)cc4)cc1c32. The van der Waals surface area contributed by atoms with Gasteiger partial charge in [-0.2, -0.15) is 0 Å². The maximum atomic E-state index is 2.53. The molecule has 2 heterocycles. The average Bonchev–Trinajstić information content (AvgIpc) is 3.40. The van der Waals surface area contributed by atoms with Crippen molar-refractivity contribution in [1.29, 1.82) is 0 Å². The van der Waals surface area contributed by atoms with E-state index in [0.29, 0.717) is 0 Å². The van der Waals surface area contributed by atoms with E-state index < -0.39 is 0 Å². The molecule has 0 N–H and O–H groups in total. The lowest BCUT2D eigenvalue weighted by Crippen LogP contribution is -2.38. The molecule has 0 atom stereocenters. The van der Waals surface area contributed by atoms with Crippen LogP contribution in [0.3, 0.4) is 0 Å². The van der Waals surface area contributed by atoms with E-state index in [2.05, 4.69) is 280 Å². The molecule has 0 saturated carbocycles. The molecule has 10 aromatic rings. The molecule has 10 aromatic carbocycles. The molecule has 0 unspecified atom stereocenters. The maximum absolute atomic E-state index is 2.53. The Morgan fingerprint density at radius 3 is 0.868 bits per heavy atom. The van der Waals surface area contributed by atoms with Crippen molar-refractivity contribution in [3.8, 4) is 55.6 Å². The Balaban J connectivity index is 0.829. The van der Waals surface area contributed by atoms with E-state index in [0.717, 1.165) is 17.1 Å². The van der Waals surface area contributed by atoms with E-state index >= 15 is 0 Å². The minimum absolute atomic E-state index is 0.166. The maximum Gasteiger partial charge on any atom is 0.0544 e. The molecule has 0 fully saturated rings. The van der Waals surface area contributed by atoms with Crippen LogP contribution in [-0.2, 0) is 10.8 Å². The smallest absolute Gasteiger partial charge is 0.0544 e. The van der Waals surface area contributed by atoms with Crippen molar-refractivity contribution in [2.45, 2.75) is 38.5 Å². The molecule has 2 aliphatic rings. The topological polar surface area (TPSA) is 6.48 Å². The van der Waals surface area contributed by atoms with Crippen LogP contribution in [0.4, 0.5) is 34.1 Å². The zero-order valence-electron chi connectivity index (χ0n) is 39.0. The molecule has 0 bridgehead atoms. The zero-order chi connectivity index (χ0) is 46.0. The number of hydrogen-bond donors (Lipinski definition) is 0. The van der Waals surface area contributed by atoms with Gasteiger partial charge in [-0.3, -0.25) is 0 Å². The predicted molar refractivity (Wildman–Crippen MR) is 287 cm³/mol. The number of fused-ring (bicyclic) bond motifs is 4. The molecule has 2 nitrogen and oxygen atoms in total. The molecule has 68 heavy (non-hydrogen) atoms. The van der Waals surface area contributed by atoms with Gasteiger partial charge in [0.25, 0.3) is 0 Å². The summed E-state index contributed by atoms with van der Waals surface area (Å²) in [5.41, 5.74) is 24.5. The molecular weight excluding hydrogens is 821 g/mol. The summed E-state index contributed by atoms with van der Waals surface area (Å²) >= 11 is 0. The van der Waals surface area contributed by atoms with Gasteiger partial charge in [-0.05, 0) is 139 Å². The van der Waals surface area contributed by atoms with E-state index in [4.69, 9.17) is 0 Å². The molecule has 12 rings (SSSR count). The number of anilines is 6. The Hall–Kier alpha value is -8.20. The molecule has 0 saturated heterocycles. The van der Waals surface area contributed by atoms with Gasteiger partial charge in [0.05, 0.1) is 17.1 Å². The standard InChI is InChI=1S/C66H52N2/c1-65(2)58-19-11-13-21-62(58)68-63-22-14-12-20-59(63)66(3,4)61-44-54(43-60(65)64(61)68)53-29-27-48(28-30-53)47-23-25-49(26-24-47)52-35-41-57(42-36-52)67(55-37-31-50(32-38-55)45-15-7-5-8-16-45)56-39-33-51(34-40-56)46-17-9-6-10-18-46/h5-44H,1-4H3. The van der Waals surface area contributed by atoms with Gasteiger partial charge in [0.2, 0.25) is 0 Å². The summed E-state index contributed by atoms with van der Waals surface area (Å²) in [5.74, 6) is 0. The van der Waals surface area contributed by atoms with Crippen LogP contribution in [0.15, 0.2) is 243 Å². The first kappa shape index (κ1) is 41.2. The molecule has 326 valence electrons. The van der Waals surface area contributed by atoms with Gasteiger partial charge in [-0.1, -0.05) is 210 Å². The predicted octanol–water partition coefficient (Wildman–Crippen LogP) is 18.2. The third-order valence-corrected chi connectivity index (χ3v) is 14.7. The largest absolute Gasteiger partial charge is 0.311 e. The summed E-state index contributed by atoms with van der Waals surface area (Å²) in [7, 11) is 0. The molecule has 2 aliphatic heterocycles. The highest BCUT2D eigenvalue weighted by atomic mass is 15.2. The van der Waals surface area contributed by atoms with Crippen LogP contribution < -0.4 is 9.80 Å². The van der Waals surface area contributed by atoms with Gasteiger partial charge in [0.1, 0.15) is 0 Å². The van der Waals surface area contributed by atoms with Crippen molar-refractivity contribution in [3.63, 3.8) is 0 Å². The van der Waals surface area contributed by atoms with Crippen LogP contribution in [0, 0.1) is 0 Å². The molecule has 0 radical (unpaired) electrons. The summed E-state index contributed by atoms with van der Waals surface area (Å²) in [4.78, 5) is 4.87. The minimum Gasteiger partial charge on any atom is -0.311 e. The lowest BCUT2D eigenvalue weighted by Gasteiger charge is -2.49. The number of para-hydroxylation sites is 2. The van der Waals surface area contributed by atoms with E-state index in [-0.39, 0.29) is 10.8 Å². The van der Waals surface area contributed by atoms with Crippen molar-refractivity contribution in [3.05, 3.63) is 265 Å². The monoisotopic (exact) mass is 872 g/mol. The molecule has 0 amide bonds. The van der Waals surface area contributed by atoms with Gasteiger partial charge in [-0.25, -0.2) is 0 Å². The Kier molecular flexibility index (Phi) is 9.88. The Morgan fingerprint density at radius 2 is 0.529 bits per heavy atom. The van der Waals surface area contributed by atoms with Crippen LogP contribution in [0.1, 0.15) is 49.9 Å². The Labute approximate surface area is 401 Å². The van der Waals surface area contributed by atoms with Crippen LogP contribution in [0.2, 0.25) is 0 Å². The second-order valence-corrected chi connectivity index (χ2v) is 19.4. The molecule has 0 spiro atoms. The highest BCUT2D eigenvalue weighted by Gasteiger charge is 2.45. The van der Waals surface area contributed by atoms with E-state index in [1.807, 2.05) is 0 Å². The number of rotatable bonds is 8. The summed E-state index contributed by atoms with van der Waals surface area (Å²) in [6.45, 7) is 9.57. The Bertz CT molecular complexity index is 3280. The molecule has 0 aromatic heterocycles. The normalized spacial score (nSPS) is 13.8. The summed E-state index contributed by atoms with van der Waals surface area (Å²) < 4.78 is 0. The van der Waals surface area contributed by atoms with Gasteiger partial charge in [-0.15, -0.1) is 0 Å². The van der Waals surface area contributed by atoms with Gasteiger partial charge in [0, 0.05) is 27.9 Å². The van der Waals surface area contributed by atoms with Crippen molar-refractivity contribution < 1.29 is 0 Å². The lowest BCUT2D eigenvalue weighted by atomic mass is 9.65. The highest BCUT2D eigenvalue weighted by molar-refractivity contribution is 5.94. The first-order chi connectivity index (χ1) is 33.2. The minimum atomic E-state index is -0.166. The van der Waals surface area contributed by atoms with Crippen LogP contribution in [-0.4, -0.2) is 0 Å².